The Hall–Kier alpha value is -0.900. The number of halogens is 1. The van der Waals surface area contributed by atoms with Gasteiger partial charge in [-0.1, -0.05) is 26.8 Å². The first-order valence-electron chi connectivity index (χ1n) is 6.69. The monoisotopic (exact) mass is 325 g/mol. The van der Waals surface area contributed by atoms with E-state index >= 15 is 0 Å². The predicted molar refractivity (Wildman–Crippen MR) is 77.9 cm³/mol. The van der Waals surface area contributed by atoms with Crippen LogP contribution in [0.5, 0.6) is 0 Å². The maximum absolute atomic E-state index is 12.1. The largest absolute Gasteiger partial charge is 0.458 e. The van der Waals surface area contributed by atoms with E-state index < -0.39 is 0 Å². The van der Waals surface area contributed by atoms with Gasteiger partial charge in [0.25, 0.3) is 0 Å². The number of carbonyl (C=O) groups is 1. The van der Waals surface area contributed by atoms with Gasteiger partial charge in [-0.2, -0.15) is 0 Å². The van der Waals surface area contributed by atoms with E-state index in [1.54, 1.807) is 18.2 Å². The molecule has 1 aromatic heterocycles. The van der Waals surface area contributed by atoms with E-state index in [-0.39, 0.29) is 17.5 Å². The van der Waals surface area contributed by atoms with Crippen molar-refractivity contribution in [1.29, 1.82) is 0 Å². The quantitative estimate of drug-likeness (QED) is 0.603. The number of ether oxygens (including phenoxy) is 1. The van der Waals surface area contributed by atoms with Crippen molar-refractivity contribution in [3.63, 3.8) is 0 Å². The smallest absolute Gasteiger partial charge is 0.357 e. The van der Waals surface area contributed by atoms with Crippen molar-refractivity contribution in [1.82, 2.24) is 4.98 Å². The Kier molecular flexibility index (Phi) is 4.29. The first-order chi connectivity index (χ1) is 8.85. The Balaban J connectivity index is 2.03. The minimum Gasteiger partial charge on any atom is -0.458 e. The molecule has 1 aliphatic rings. The number of aromatic nitrogens is 1. The predicted octanol–water partition coefficient (Wildman–Crippen LogP) is 4.22. The first kappa shape index (κ1) is 14.5. The fourth-order valence-electron chi connectivity index (χ4n) is 3.08. The highest BCUT2D eigenvalue weighted by molar-refractivity contribution is 9.10. The second-order valence-corrected chi connectivity index (χ2v) is 7.10. The SMILES string of the molecule is CC1CC(OC(=O)c2cccc(Br)n2)CC(C)(C)C1. The number of carbonyl (C=O) groups excluding carboxylic acids is 1. The molecular weight excluding hydrogens is 306 g/mol. The summed E-state index contributed by atoms with van der Waals surface area (Å²) in [5.74, 6) is 0.271. The third-order valence-electron chi connectivity index (χ3n) is 3.54. The molecular formula is C15H20BrNO2. The topological polar surface area (TPSA) is 39.2 Å². The molecule has 1 aliphatic carbocycles. The molecule has 0 bridgehead atoms. The van der Waals surface area contributed by atoms with Gasteiger partial charge in [-0.05, 0) is 58.7 Å². The lowest BCUT2D eigenvalue weighted by Crippen LogP contribution is -2.34. The van der Waals surface area contributed by atoms with Gasteiger partial charge in [0.1, 0.15) is 16.4 Å². The van der Waals surface area contributed by atoms with Gasteiger partial charge in [0, 0.05) is 0 Å². The number of rotatable bonds is 2. The molecule has 2 atom stereocenters. The first-order valence-corrected chi connectivity index (χ1v) is 7.48. The molecule has 1 saturated carbocycles. The van der Waals surface area contributed by atoms with E-state index in [0.717, 1.165) is 12.8 Å². The molecule has 0 aromatic carbocycles. The van der Waals surface area contributed by atoms with Crippen molar-refractivity contribution in [2.45, 2.75) is 46.1 Å². The highest BCUT2D eigenvalue weighted by Gasteiger charge is 2.34. The van der Waals surface area contributed by atoms with Crippen molar-refractivity contribution >= 4 is 21.9 Å². The highest BCUT2D eigenvalue weighted by Crippen LogP contribution is 2.39. The van der Waals surface area contributed by atoms with Crippen LogP contribution in [0, 0.1) is 11.3 Å². The zero-order valence-corrected chi connectivity index (χ0v) is 13.2. The van der Waals surface area contributed by atoms with E-state index in [1.165, 1.54) is 6.42 Å². The lowest BCUT2D eigenvalue weighted by molar-refractivity contribution is -0.00767. The van der Waals surface area contributed by atoms with Crippen molar-refractivity contribution in [3.05, 3.63) is 28.5 Å². The average molecular weight is 326 g/mol. The van der Waals surface area contributed by atoms with Crippen molar-refractivity contribution in [2.24, 2.45) is 11.3 Å². The van der Waals surface area contributed by atoms with E-state index in [9.17, 15) is 4.79 Å². The van der Waals surface area contributed by atoms with E-state index in [0.29, 0.717) is 16.2 Å². The maximum Gasteiger partial charge on any atom is 0.357 e. The molecule has 0 N–H and O–H groups in total. The van der Waals surface area contributed by atoms with Gasteiger partial charge >= 0.3 is 5.97 Å². The summed E-state index contributed by atoms with van der Waals surface area (Å²) in [4.78, 5) is 16.2. The molecule has 4 heteroatoms. The standard InChI is InChI=1S/C15H20BrNO2/c1-10-7-11(9-15(2,3)8-10)19-14(18)12-5-4-6-13(16)17-12/h4-6,10-11H,7-9H2,1-3H3. The van der Waals surface area contributed by atoms with E-state index in [1.807, 2.05) is 0 Å². The number of pyridine rings is 1. The number of hydrogen-bond donors (Lipinski definition) is 0. The van der Waals surface area contributed by atoms with Gasteiger partial charge in [-0.25, -0.2) is 9.78 Å². The van der Waals surface area contributed by atoms with E-state index in [2.05, 4.69) is 41.7 Å². The molecule has 19 heavy (non-hydrogen) atoms. The third kappa shape index (κ3) is 4.03. The van der Waals surface area contributed by atoms with Crippen LogP contribution in [-0.2, 0) is 4.74 Å². The molecule has 2 unspecified atom stereocenters. The molecule has 1 heterocycles. The maximum atomic E-state index is 12.1. The zero-order chi connectivity index (χ0) is 14.0. The normalized spacial score (nSPS) is 25.9. The summed E-state index contributed by atoms with van der Waals surface area (Å²) in [5.41, 5.74) is 0.609. The molecule has 0 radical (unpaired) electrons. The molecule has 104 valence electrons. The lowest BCUT2D eigenvalue weighted by atomic mass is 9.71. The highest BCUT2D eigenvalue weighted by atomic mass is 79.9. The molecule has 3 nitrogen and oxygen atoms in total. The Bertz CT molecular complexity index is 473. The molecule has 0 amide bonds. The molecule has 1 aromatic rings. The summed E-state index contributed by atoms with van der Waals surface area (Å²) in [6.45, 7) is 6.70. The molecule has 0 spiro atoms. The minimum atomic E-state index is -0.323. The summed E-state index contributed by atoms with van der Waals surface area (Å²) >= 11 is 3.26. The molecule has 0 saturated heterocycles. The Morgan fingerprint density at radius 2 is 2.16 bits per heavy atom. The zero-order valence-electron chi connectivity index (χ0n) is 11.6. The average Bonchev–Trinajstić information content (AvgIpc) is 2.25. The van der Waals surface area contributed by atoms with Crippen LogP contribution in [0.25, 0.3) is 0 Å². The Labute approximate surface area is 122 Å². The summed E-state index contributed by atoms with van der Waals surface area (Å²) < 4.78 is 6.27. The van der Waals surface area contributed by atoms with Gasteiger partial charge in [-0.15, -0.1) is 0 Å². The summed E-state index contributed by atoms with van der Waals surface area (Å²) in [6, 6.07) is 5.27. The number of hydrogen-bond acceptors (Lipinski definition) is 3. The molecule has 2 rings (SSSR count). The van der Waals surface area contributed by atoms with Gasteiger partial charge < -0.3 is 4.74 Å². The van der Waals surface area contributed by atoms with Gasteiger partial charge in [-0.3, -0.25) is 0 Å². The van der Waals surface area contributed by atoms with Crippen LogP contribution >= 0.6 is 15.9 Å². The van der Waals surface area contributed by atoms with Crippen molar-refractivity contribution in [3.8, 4) is 0 Å². The number of nitrogens with zero attached hydrogens (tertiary/aromatic N) is 1. The van der Waals surface area contributed by atoms with E-state index in [4.69, 9.17) is 4.74 Å². The van der Waals surface area contributed by atoms with Crippen LogP contribution in [0.3, 0.4) is 0 Å². The fourth-order valence-corrected chi connectivity index (χ4v) is 3.43. The Morgan fingerprint density at radius 3 is 2.79 bits per heavy atom. The fraction of sp³-hybridized carbons (Fsp3) is 0.600. The third-order valence-corrected chi connectivity index (χ3v) is 3.99. The second kappa shape index (κ2) is 5.61. The Morgan fingerprint density at radius 1 is 1.42 bits per heavy atom. The van der Waals surface area contributed by atoms with Gasteiger partial charge in [0.15, 0.2) is 0 Å². The van der Waals surface area contributed by atoms with Crippen molar-refractivity contribution in [2.75, 3.05) is 0 Å². The number of esters is 1. The summed E-state index contributed by atoms with van der Waals surface area (Å²) in [7, 11) is 0. The van der Waals surface area contributed by atoms with Crippen LogP contribution in [0.2, 0.25) is 0 Å². The summed E-state index contributed by atoms with van der Waals surface area (Å²) in [6.07, 6.45) is 3.07. The van der Waals surface area contributed by atoms with Gasteiger partial charge in [0.05, 0.1) is 0 Å². The second-order valence-electron chi connectivity index (χ2n) is 6.29. The van der Waals surface area contributed by atoms with Gasteiger partial charge in [0.2, 0.25) is 0 Å². The molecule has 0 aliphatic heterocycles. The van der Waals surface area contributed by atoms with Crippen LogP contribution in [0.1, 0.15) is 50.5 Å². The van der Waals surface area contributed by atoms with Crippen LogP contribution in [-0.4, -0.2) is 17.1 Å². The van der Waals surface area contributed by atoms with Crippen molar-refractivity contribution < 1.29 is 9.53 Å². The van der Waals surface area contributed by atoms with Crippen LogP contribution in [0.4, 0.5) is 0 Å². The summed E-state index contributed by atoms with van der Waals surface area (Å²) in [5, 5.41) is 0. The van der Waals surface area contributed by atoms with Crippen LogP contribution < -0.4 is 0 Å². The minimum absolute atomic E-state index is 0.00651. The molecule has 1 fully saturated rings. The lowest BCUT2D eigenvalue weighted by Gasteiger charge is -2.38. The van der Waals surface area contributed by atoms with Crippen LogP contribution in [0.15, 0.2) is 22.8 Å².